The molecule has 1 aliphatic heterocycles. The molecule has 1 N–H and O–H groups in total. The van der Waals surface area contributed by atoms with E-state index in [4.69, 9.17) is 9.47 Å². The average molecular weight is 365 g/mol. The zero-order valence-electron chi connectivity index (χ0n) is 15.7. The minimum Gasteiger partial charge on any atom is -0.389 e. The summed E-state index contributed by atoms with van der Waals surface area (Å²) in [5.41, 5.74) is 1.03. The summed E-state index contributed by atoms with van der Waals surface area (Å²) in [5, 5.41) is 10.6. The van der Waals surface area contributed by atoms with E-state index in [-0.39, 0.29) is 10.2 Å². The zero-order chi connectivity index (χ0) is 17.9. The van der Waals surface area contributed by atoms with E-state index in [9.17, 15) is 5.11 Å². The summed E-state index contributed by atoms with van der Waals surface area (Å²) in [7, 11) is 0. The Morgan fingerprint density at radius 3 is 2.80 bits per heavy atom. The second-order valence-electron chi connectivity index (χ2n) is 8.18. The smallest absolute Gasteiger partial charge is 0.130 e. The van der Waals surface area contributed by atoms with Gasteiger partial charge in [-0.1, -0.05) is 57.5 Å². The van der Waals surface area contributed by atoms with E-state index in [0.29, 0.717) is 31.7 Å². The number of fused-ring (bicyclic) bond motifs is 1. The van der Waals surface area contributed by atoms with Gasteiger partial charge in [-0.25, -0.2) is 0 Å². The lowest BCUT2D eigenvalue weighted by Gasteiger charge is -2.51. The number of benzene rings is 1. The molecule has 1 heterocycles. The Morgan fingerprint density at radius 1 is 1.28 bits per heavy atom. The maximum Gasteiger partial charge on any atom is 0.130 e. The molecule has 0 aromatic heterocycles. The minimum atomic E-state index is -0.474. The standard InChI is InChI=1S/C21H32O3S/c1-15-9-10-17-19(13-15)24-20(25-21(17,2)3)18(22)11-12-23-14-16-7-5-4-6-8-16/h4-8,15,17-20,22H,9-14H2,1-3H3/t15-,17-,18?,19-,20-/m1/s1. The van der Waals surface area contributed by atoms with Crippen LogP contribution in [0.15, 0.2) is 30.3 Å². The molecule has 3 rings (SSSR count). The van der Waals surface area contributed by atoms with Crippen LogP contribution in [0.4, 0.5) is 0 Å². The molecule has 0 radical (unpaired) electrons. The van der Waals surface area contributed by atoms with Crippen molar-refractivity contribution in [1.82, 2.24) is 0 Å². The fraction of sp³-hybridized carbons (Fsp3) is 0.714. The molecule has 1 aromatic carbocycles. The Balaban J connectivity index is 1.47. The maximum absolute atomic E-state index is 10.6. The van der Waals surface area contributed by atoms with Crippen LogP contribution < -0.4 is 0 Å². The van der Waals surface area contributed by atoms with Gasteiger partial charge in [-0.2, -0.15) is 0 Å². The highest BCUT2D eigenvalue weighted by molar-refractivity contribution is 8.01. The lowest BCUT2D eigenvalue weighted by molar-refractivity contribution is -0.0976. The number of aliphatic hydroxyl groups is 1. The number of rotatable bonds is 6. The number of aliphatic hydroxyl groups excluding tert-OH is 1. The van der Waals surface area contributed by atoms with Crippen LogP contribution in [0, 0.1) is 11.8 Å². The molecule has 1 unspecified atom stereocenters. The molecule has 2 aliphatic rings. The largest absolute Gasteiger partial charge is 0.389 e. The van der Waals surface area contributed by atoms with Crippen LogP contribution in [0.3, 0.4) is 0 Å². The van der Waals surface area contributed by atoms with Crippen molar-refractivity contribution in [2.75, 3.05) is 6.61 Å². The van der Waals surface area contributed by atoms with E-state index in [1.165, 1.54) is 18.4 Å². The van der Waals surface area contributed by atoms with Crippen LogP contribution in [0.2, 0.25) is 0 Å². The van der Waals surface area contributed by atoms with Gasteiger partial charge in [0, 0.05) is 17.8 Å². The molecule has 1 aromatic rings. The predicted octanol–water partition coefficient (Wildman–Crippen LogP) is 4.63. The van der Waals surface area contributed by atoms with Gasteiger partial charge in [0.2, 0.25) is 0 Å². The second kappa shape index (κ2) is 8.43. The molecule has 1 aliphatic carbocycles. The summed E-state index contributed by atoms with van der Waals surface area (Å²) < 4.78 is 12.2. The summed E-state index contributed by atoms with van der Waals surface area (Å²) in [6.07, 6.45) is 4.11. The highest BCUT2D eigenvalue weighted by Crippen LogP contribution is 2.50. The third-order valence-electron chi connectivity index (χ3n) is 5.66. The van der Waals surface area contributed by atoms with Gasteiger partial charge in [0.1, 0.15) is 5.44 Å². The summed E-state index contributed by atoms with van der Waals surface area (Å²) in [6, 6.07) is 10.2. The van der Waals surface area contributed by atoms with Crippen LogP contribution >= 0.6 is 11.8 Å². The van der Waals surface area contributed by atoms with Gasteiger partial charge in [0.15, 0.2) is 0 Å². The summed E-state index contributed by atoms with van der Waals surface area (Å²) >= 11 is 1.81. The van der Waals surface area contributed by atoms with Gasteiger partial charge >= 0.3 is 0 Å². The van der Waals surface area contributed by atoms with Gasteiger partial charge in [-0.3, -0.25) is 0 Å². The van der Waals surface area contributed by atoms with Crippen molar-refractivity contribution >= 4 is 11.8 Å². The highest BCUT2D eigenvalue weighted by Gasteiger charge is 2.47. The van der Waals surface area contributed by atoms with E-state index < -0.39 is 6.10 Å². The van der Waals surface area contributed by atoms with Crippen molar-refractivity contribution < 1.29 is 14.6 Å². The lowest BCUT2D eigenvalue weighted by Crippen LogP contribution is -2.51. The Morgan fingerprint density at radius 2 is 2.04 bits per heavy atom. The first kappa shape index (κ1) is 19.2. The number of hydrogen-bond donors (Lipinski definition) is 1. The van der Waals surface area contributed by atoms with E-state index in [1.807, 2.05) is 30.0 Å². The first-order chi connectivity index (χ1) is 12.0. The number of ether oxygens (including phenoxy) is 2. The topological polar surface area (TPSA) is 38.7 Å². The van der Waals surface area contributed by atoms with Crippen LogP contribution in [-0.4, -0.2) is 34.1 Å². The maximum atomic E-state index is 10.6. The van der Waals surface area contributed by atoms with Crippen molar-refractivity contribution in [2.24, 2.45) is 11.8 Å². The summed E-state index contributed by atoms with van der Waals surface area (Å²) in [4.78, 5) is 0. The van der Waals surface area contributed by atoms with Gasteiger partial charge in [0.25, 0.3) is 0 Å². The van der Waals surface area contributed by atoms with E-state index in [2.05, 4.69) is 32.9 Å². The van der Waals surface area contributed by atoms with Crippen LogP contribution in [-0.2, 0) is 16.1 Å². The fourth-order valence-corrected chi connectivity index (χ4v) is 5.67. The van der Waals surface area contributed by atoms with Crippen LogP contribution in [0.1, 0.15) is 52.0 Å². The molecule has 3 nitrogen and oxygen atoms in total. The highest BCUT2D eigenvalue weighted by atomic mass is 32.2. The van der Waals surface area contributed by atoms with Crippen LogP contribution in [0.25, 0.3) is 0 Å². The molecule has 25 heavy (non-hydrogen) atoms. The van der Waals surface area contributed by atoms with Crippen LogP contribution in [0.5, 0.6) is 0 Å². The zero-order valence-corrected chi connectivity index (χ0v) is 16.5. The third kappa shape index (κ3) is 5.00. The van der Waals surface area contributed by atoms with Crippen molar-refractivity contribution in [3.05, 3.63) is 35.9 Å². The molecule has 5 atom stereocenters. The van der Waals surface area contributed by atoms with Gasteiger partial charge in [-0.15, -0.1) is 11.8 Å². The van der Waals surface area contributed by atoms with Gasteiger partial charge < -0.3 is 14.6 Å². The monoisotopic (exact) mass is 364 g/mol. The first-order valence-corrected chi connectivity index (χ1v) is 10.5. The Hall–Kier alpha value is -0.550. The van der Waals surface area contributed by atoms with E-state index in [0.717, 1.165) is 12.3 Å². The Labute approximate surface area is 156 Å². The molecule has 0 amide bonds. The van der Waals surface area contributed by atoms with Crippen molar-refractivity contribution in [2.45, 2.75) is 75.5 Å². The van der Waals surface area contributed by atoms with E-state index in [1.54, 1.807) is 0 Å². The molecule has 0 spiro atoms. The SMILES string of the molecule is C[C@@H]1CC[C@@H]2[C@@H](C1)O[C@@H](C(O)CCOCc1ccccc1)SC2(C)C. The lowest BCUT2D eigenvalue weighted by atomic mass is 9.75. The second-order valence-corrected chi connectivity index (χ2v) is 9.94. The van der Waals surface area contributed by atoms with Crippen molar-refractivity contribution in [1.29, 1.82) is 0 Å². The molecule has 4 heteroatoms. The molecule has 2 fully saturated rings. The summed E-state index contributed by atoms with van der Waals surface area (Å²) in [5.74, 6) is 1.33. The van der Waals surface area contributed by atoms with E-state index >= 15 is 0 Å². The predicted molar refractivity (Wildman–Crippen MR) is 104 cm³/mol. The van der Waals surface area contributed by atoms with Crippen molar-refractivity contribution in [3.63, 3.8) is 0 Å². The third-order valence-corrected chi connectivity index (χ3v) is 7.23. The Kier molecular flexibility index (Phi) is 6.48. The average Bonchev–Trinajstić information content (AvgIpc) is 2.58. The molecular weight excluding hydrogens is 332 g/mol. The summed E-state index contributed by atoms with van der Waals surface area (Å²) in [6.45, 7) is 8.11. The fourth-order valence-electron chi connectivity index (χ4n) is 4.13. The quantitative estimate of drug-likeness (QED) is 0.747. The minimum absolute atomic E-state index is 0.137. The Bertz CT molecular complexity index is 533. The molecule has 1 saturated carbocycles. The molecular formula is C21H32O3S. The van der Waals surface area contributed by atoms with Gasteiger partial charge in [-0.05, 0) is 30.2 Å². The molecule has 140 valence electrons. The normalized spacial score (nSPS) is 32.8. The van der Waals surface area contributed by atoms with Gasteiger partial charge in [0.05, 0.1) is 18.8 Å². The van der Waals surface area contributed by atoms with Crippen molar-refractivity contribution in [3.8, 4) is 0 Å². The molecule has 0 bridgehead atoms. The number of hydrogen-bond acceptors (Lipinski definition) is 4. The first-order valence-electron chi connectivity index (χ1n) is 9.58. The molecule has 1 saturated heterocycles. The number of thioether (sulfide) groups is 1.